The Bertz CT molecular complexity index is 1070. The summed E-state index contributed by atoms with van der Waals surface area (Å²) >= 11 is 0. The highest BCUT2D eigenvalue weighted by atomic mass is 19.4. The fourth-order valence-corrected chi connectivity index (χ4v) is 5.35. The van der Waals surface area contributed by atoms with E-state index in [1.54, 1.807) is 23.1 Å². The van der Waals surface area contributed by atoms with E-state index in [1.807, 2.05) is 0 Å². The van der Waals surface area contributed by atoms with Gasteiger partial charge in [0.1, 0.15) is 5.75 Å². The normalized spacial score (nSPS) is 22.0. The van der Waals surface area contributed by atoms with Crippen molar-refractivity contribution < 1.29 is 41.8 Å². The minimum absolute atomic E-state index is 0.121. The highest BCUT2D eigenvalue weighted by molar-refractivity contribution is 6.07. The van der Waals surface area contributed by atoms with Gasteiger partial charge in [-0.1, -0.05) is 0 Å². The van der Waals surface area contributed by atoms with Gasteiger partial charge in [-0.2, -0.15) is 13.2 Å². The molecule has 1 atom stereocenters. The molecule has 3 saturated heterocycles. The number of carbonyl (C=O) groups excluding carboxylic acids is 4. The van der Waals surface area contributed by atoms with Crippen LogP contribution in [0.4, 0.5) is 23.7 Å². The summed E-state index contributed by atoms with van der Waals surface area (Å²) in [4.78, 5) is 51.5. The van der Waals surface area contributed by atoms with Gasteiger partial charge in [0.25, 0.3) is 5.91 Å². The molecule has 1 aromatic rings. The average Bonchev–Trinajstić information content (AvgIpc) is 2.87. The Morgan fingerprint density at radius 3 is 2.51 bits per heavy atom. The Morgan fingerprint density at radius 2 is 1.86 bits per heavy atom. The van der Waals surface area contributed by atoms with Gasteiger partial charge >= 0.3 is 18.2 Å². The van der Waals surface area contributed by atoms with Crippen LogP contribution < -0.4 is 20.3 Å². The molecule has 4 rings (SSSR count). The van der Waals surface area contributed by atoms with Crippen LogP contribution in [0.2, 0.25) is 0 Å². The lowest BCUT2D eigenvalue weighted by molar-refractivity contribution is -0.202. The topological polar surface area (TPSA) is 117 Å². The maximum atomic E-state index is 13.4. The molecule has 3 fully saturated rings. The first-order chi connectivity index (χ1) is 17.5. The lowest BCUT2D eigenvalue weighted by Gasteiger charge is -2.49. The van der Waals surface area contributed by atoms with Gasteiger partial charge in [0.2, 0.25) is 5.91 Å². The van der Waals surface area contributed by atoms with Gasteiger partial charge in [0.15, 0.2) is 0 Å². The van der Waals surface area contributed by atoms with Crippen molar-refractivity contribution in [3.05, 3.63) is 23.8 Å². The van der Waals surface area contributed by atoms with Crippen LogP contribution in [0.1, 0.15) is 36.0 Å². The summed E-state index contributed by atoms with van der Waals surface area (Å²) in [5.74, 6) is -2.73. The minimum Gasteiger partial charge on any atom is -0.495 e. The number of halogens is 3. The van der Waals surface area contributed by atoms with E-state index in [0.29, 0.717) is 62.4 Å². The number of piperidine rings is 2. The minimum atomic E-state index is -5.04. The number of anilines is 1. The molecule has 1 aromatic carbocycles. The fraction of sp³-hybridized carbons (Fsp3) is 0.583. The molecule has 1 unspecified atom stereocenters. The molecule has 3 aliphatic rings. The lowest BCUT2D eigenvalue weighted by Crippen LogP contribution is -2.53. The number of amides is 4. The smallest absolute Gasteiger partial charge is 0.490 e. The van der Waals surface area contributed by atoms with Crippen LogP contribution >= 0.6 is 0 Å². The summed E-state index contributed by atoms with van der Waals surface area (Å²) in [5.41, 5.74) is 0.381. The van der Waals surface area contributed by atoms with Crippen LogP contribution in [0.5, 0.6) is 5.75 Å². The number of imide groups is 1. The summed E-state index contributed by atoms with van der Waals surface area (Å²) in [6.07, 6.45) is -3.08. The van der Waals surface area contributed by atoms with Gasteiger partial charge in [-0.05, 0) is 49.4 Å². The van der Waals surface area contributed by atoms with E-state index in [2.05, 4.69) is 15.4 Å². The first kappa shape index (κ1) is 26.7. The van der Waals surface area contributed by atoms with Crippen LogP contribution in [0, 0.1) is 11.3 Å². The summed E-state index contributed by atoms with van der Waals surface area (Å²) in [6, 6.07) is 4.16. The predicted octanol–water partition coefficient (Wildman–Crippen LogP) is 2.08. The molecule has 10 nitrogen and oxygen atoms in total. The van der Waals surface area contributed by atoms with E-state index >= 15 is 0 Å². The van der Waals surface area contributed by atoms with Crippen LogP contribution in [0.3, 0.4) is 0 Å². The van der Waals surface area contributed by atoms with Crippen molar-refractivity contribution in [2.24, 2.45) is 11.3 Å². The monoisotopic (exact) mass is 526 g/mol. The Hall–Kier alpha value is -3.35. The first-order valence-electron chi connectivity index (χ1n) is 12.1. The van der Waals surface area contributed by atoms with Gasteiger partial charge in [0, 0.05) is 44.1 Å². The Kier molecular flexibility index (Phi) is 7.62. The number of benzene rings is 1. The number of rotatable bonds is 5. The third kappa shape index (κ3) is 5.65. The second-order valence-corrected chi connectivity index (χ2v) is 9.54. The maximum Gasteiger partial charge on any atom is 0.490 e. The van der Waals surface area contributed by atoms with Crippen molar-refractivity contribution in [1.29, 1.82) is 0 Å². The maximum absolute atomic E-state index is 13.4. The van der Waals surface area contributed by atoms with Crippen molar-refractivity contribution in [2.45, 2.75) is 31.9 Å². The van der Waals surface area contributed by atoms with Crippen LogP contribution in [0.25, 0.3) is 0 Å². The summed E-state index contributed by atoms with van der Waals surface area (Å²) in [5, 5.41) is 5.41. The molecule has 0 bridgehead atoms. The van der Waals surface area contributed by atoms with E-state index < -0.39 is 18.2 Å². The number of urea groups is 1. The number of nitrogens with one attached hydrogen (secondary N) is 2. The van der Waals surface area contributed by atoms with Crippen molar-refractivity contribution in [2.75, 3.05) is 51.3 Å². The molecule has 4 amide bonds. The van der Waals surface area contributed by atoms with E-state index in [-0.39, 0.29) is 42.7 Å². The number of esters is 1. The number of nitrogens with zero attached hydrogens (tertiary/aromatic N) is 2. The molecule has 202 valence electrons. The van der Waals surface area contributed by atoms with Gasteiger partial charge in [-0.15, -0.1) is 0 Å². The summed E-state index contributed by atoms with van der Waals surface area (Å²) in [7, 11) is 1.44. The summed E-state index contributed by atoms with van der Waals surface area (Å²) in [6.45, 7) is 1.73. The van der Waals surface area contributed by atoms with Crippen LogP contribution in [-0.4, -0.2) is 81.3 Å². The number of ether oxygens (including phenoxy) is 2. The Balaban J connectivity index is 1.44. The molecule has 0 aliphatic carbocycles. The number of hydrogen-bond donors (Lipinski definition) is 2. The van der Waals surface area contributed by atoms with E-state index in [0.717, 1.165) is 0 Å². The molecule has 0 radical (unpaired) electrons. The molecule has 1 spiro atoms. The van der Waals surface area contributed by atoms with Crippen molar-refractivity contribution in [3.63, 3.8) is 0 Å². The van der Waals surface area contributed by atoms with Crippen molar-refractivity contribution in [3.8, 4) is 5.75 Å². The van der Waals surface area contributed by atoms with E-state index in [1.165, 1.54) is 12.0 Å². The largest absolute Gasteiger partial charge is 0.495 e. The second kappa shape index (κ2) is 10.6. The fourth-order valence-electron chi connectivity index (χ4n) is 5.35. The van der Waals surface area contributed by atoms with E-state index in [4.69, 9.17) is 4.74 Å². The second-order valence-electron chi connectivity index (χ2n) is 9.54. The molecule has 3 aliphatic heterocycles. The van der Waals surface area contributed by atoms with Gasteiger partial charge in [-0.3, -0.25) is 19.8 Å². The molecule has 13 heteroatoms. The third-order valence-electron chi connectivity index (χ3n) is 7.52. The number of alkyl halides is 3. The molecular weight excluding hydrogens is 497 g/mol. The Labute approximate surface area is 211 Å². The van der Waals surface area contributed by atoms with Crippen molar-refractivity contribution in [1.82, 2.24) is 15.5 Å². The predicted molar refractivity (Wildman–Crippen MR) is 124 cm³/mol. The SMILES string of the molecule is COc1ccc(C(=O)N2CCC3(CCNCC3COC(=O)C(F)(F)F)CC2)cc1N1CCC(=O)NC1=O. The first-order valence-corrected chi connectivity index (χ1v) is 12.1. The standard InChI is InChI=1S/C24H29F3N4O6/c1-36-18-3-2-15(12-17(18)31-9-4-19(32)29-22(31)35)20(33)30-10-6-23(7-11-30)5-8-28-13-16(23)14-37-21(34)24(25,26)27/h2-3,12,16,28H,4-11,13-14H2,1H3,(H,29,32,35). The zero-order valence-electron chi connectivity index (χ0n) is 20.4. The zero-order valence-corrected chi connectivity index (χ0v) is 20.4. The third-order valence-corrected chi connectivity index (χ3v) is 7.52. The van der Waals surface area contributed by atoms with Gasteiger partial charge < -0.3 is 19.7 Å². The van der Waals surface area contributed by atoms with Crippen LogP contribution in [-0.2, 0) is 14.3 Å². The Morgan fingerprint density at radius 1 is 1.14 bits per heavy atom. The quantitative estimate of drug-likeness (QED) is 0.565. The van der Waals surface area contributed by atoms with E-state index in [9.17, 15) is 32.3 Å². The average molecular weight is 527 g/mol. The number of hydrogen-bond acceptors (Lipinski definition) is 7. The highest BCUT2D eigenvalue weighted by Crippen LogP contribution is 2.44. The lowest BCUT2D eigenvalue weighted by atomic mass is 9.65. The molecule has 2 N–H and O–H groups in total. The number of likely N-dealkylation sites (tertiary alicyclic amines) is 1. The van der Waals surface area contributed by atoms with Crippen LogP contribution in [0.15, 0.2) is 18.2 Å². The molecule has 0 aromatic heterocycles. The number of methoxy groups -OCH3 is 1. The summed E-state index contributed by atoms with van der Waals surface area (Å²) < 4.78 is 47.7. The number of carbonyl (C=O) groups is 4. The molecule has 37 heavy (non-hydrogen) atoms. The van der Waals surface area contributed by atoms with Gasteiger partial charge in [-0.25, -0.2) is 9.59 Å². The molecular formula is C24H29F3N4O6. The highest BCUT2D eigenvalue weighted by Gasteiger charge is 2.46. The molecule has 0 saturated carbocycles. The zero-order chi connectivity index (χ0) is 26.8. The van der Waals surface area contributed by atoms with Gasteiger partial charge in [0.05, 0.1) is 19.4 Å². The molecule has 3 heterocycles. The van der Waals surface area contributed by atoms with Crippen molar-refractivity contribution >= 4 is 29.5 Å².